The first-order valence-corrected chi connectivity index (χ1v) is 5.19. The third-order valence-corrected chi connectivity index (χ3v) is 2.52. The Balaban J connectivity index is 0.00000112. The number of rotatable bonds is 3. The summed E-state index contributed by atoms with van der Waals surface area (Å²) in [4.78, 5) is 0. The average molecular weight is 228 g/mol. The van der Waals surface area contributed by atoms with Crippen molar-refractivity contribution >= 4 is 12.4 Å². The Kier molecular flexibility index (Phi) is 4.00. The topological polar surface area (TPSA) is 35.2 Å². The maximum absolute atomic E-state index is 5.79. The van der Waals surface area contributed by atoms with E-state index in [0.29, 0.717) is 12.0 Å². The number of ether oxygens (including phenoxy) is 1. The van der Waals surface area contributed by atoms with Crippen molar-refractivity contribution in [3.63, 3.8) is 0 Å². The van der Waals surface area contributed by atoms with Gasteiger partial charge in [0.15, 0.2) is 0 Å². The van der Waals surface area contributed by atoms with Crippen LogP contribution in [0.3, 0.4) is 0 Å². The van der Waals surface area contributed by atoms with Gasteiger partial charge in [-0.25, -0.2) is 0 Å². The molecule has 1 aliphatic rings. The summed E-state index contributed by atoms with van der Waals surface area (Å²) in [6.07, 6.45) is 1.37. The summed E-state index contributed by atoms with van der Waals surface area (Å²) in [6.45, 7) is 4.06. The molecule has 1 aromatic rings. The molecular weight excluding hydrogens is 210 g/mol. The van der Waals surface area contributed by atoms with Crippen LogP contribution < -0.4 is 10.5 Å². The largest absolute Gasteiger partial charge is 0.491 e. The van der Waals surface area contributed by atoms with Crippen LogP contribution in [0.5, 0.6) is 5.75 Å². The van der Waals surface area contributed by atoms with E-state index in [1.54, 1.807) is 0 Å². The molecule has 2 rings (SSSR count). The van der Waals surface area contributed by atoms with Crippen molar-refractivity contribution in [1.82, 2.24) is 0 Å². The molecule has 2 N–H and O–H groups in total. The van der Waals surface area contributed by atoms with Gasteiger partial charge in [-0.05, 0) is 38.0 Å². The van der Waals surface area contributed by atoms with Crippen molar-refractivity contribution in [2.24, 2.45) is 5.73 Å². The first-order valence-electron chi connectivity index (χ1n) is 5.19. The fourth-order valence-electron chi connectivity index (χ4n) is 1.66. The van der Waals surface area contributed by atoms with E-state index in [4.69, 9.17) is 10.5 Å². The molecule has 1 fully saturated rings. The predicted octanol–water partition coefficient (Wildman–Crippen LogP) is 2.71. The predicted molar refractivity (Wildman–Crippen MR) is 64.8 cm³/mol. The number of hydrogen-bond donors (Lipinski definition) is 1. The van der Waals surface area contributed by atoms with Gasteiger partial charge in [-0.2, -0.15) is 0 Å². The van der Waals surface area contributed by atoms with Gasteiger partial charge in [0.1, 0.15) is 5.75 Å². The van der Waals surface area contributed by atoms with Crippen LogP contribution in [0.2, 0.25) is 0 Å². The number of hydrogen-bond acceptors (Lipinski definition) is 2. The van der Waals surface area contributed by atoms with Gasteiger partial charge in [-0.1, -0.05) is 12.1 Å². The Hall–Kier alpha value is -0.730. The van der Waals surface area contributed by atoms with Gasteiger partial charge in [-0.15, -0.1) is 12.4 Å². The standard InChI is InChI=1S/C12H17NO.ClH/c1-8(2)14-10-5-3-9(4-6-10)11-7-12(11)13;/h3-6,8,11-12H,7,13H2,1-2H3;1H/t11-,12+;/m0./s1. The van der Waals surface area contributed by atoms with Crippen molar-refractivity contribution in [2.75, 3.05) is 0 Å². The van der Waals surface area contributed by atoms with E-state index >= 15 is 0 Å². The van der Waals surface area contributed by atoms with E-state index in [0.717, 1.165) is 12.2 Å². The quantitative estimate of drug-likeness (QED) is 0.862. The summed E-state index contributed by atoms with van der Waals surface area (Å²) in [5.74, 6) is 1.53. The smallest absolute Gasteiger partial charge is 0.119 e. The summed E-state index contributed by atoms with van der Waals surface area (Å²) >= 11 is 0. The molecule has 0 spiro atoms. The second-order valence-electron chi connectivity index (χ2n) is 4.24. The molecule has 2 atom stereocenters. The summed E-state index contributed by atoms with van der Waals surface area (Å²) in [5, 5.41) is 0. The van der Waals surface area contributed by atoms with Crippen LogP contribution in [0, 0.1) is 0 Å². The van der Waals surface area contributed by atoms with Crippen molar-refractivity contribution in [3.05, 3.63) is 29.8 Å². The maximum Gasteiger partial charge on any atom is 0.119 e. The lowest BCUT2D eigenvalue weighted by atomic mass is 10.1. The Labute approximate surface area is 97.2 Å². The van der Waals surface area contributed by atoms with E-state index in [2.05, 4.69) is 12.1 Å². The Morgan fingerprint density at radius 3 is 2.20 bits per heavy atom. The van der Waals surface area contributed by atoms with E-state index < -0.39 is 0 Å². The van der Waals surface area contributed by atoms with Crippen LogP contribution in [-0.2, 0) is 0 Å². The molecule has 0 bridgehead atoms. The van der Waals surface area contributed by atoms with E-state index in [1.165, 1.54) is 5.56 Å². The van der Waals surface area contributed by atoms with Crippen molar-refractivity contribution < 1.29 is 4.74 Å². The minimum Gasteiger partial charge on any atom is -0.491 e. The zero-order valence-electron chi connectivity index (χ0n) is 9.14. The number of benzene rings is 1. The fourth-order valence-corrected chi connectivity index (χ4v) is 1.66. The lowest BCUT2D eigenvalue weighted by molar-refractivity contribution is 0.242. The molecular formula is C12H18ClNO. The monoisotopic (exact) mass is 227 g/mol. The minimum absolute atomic E-state index is 0. The molecule has 84 valence electrons. The van der Waals surface area contributed by atoms with Crippen LogP contribution in [0.1, 0.15) is 31.7 Å². The van der Waals surface area contributed by atoms with Gasteiger partial charge in [0.05, 0.1) is 6.10 Å². The first-order chi connectivity index (χ1) is 6.66. The van der Waals surface area contributed by atoms with Crippen molar-refractivity contribution in [2.45, 2.75) is 38.3 Å². The van der Waals surface area contributed by atoms with Crippen molar-refractivity contribution in [1.29, 1.82) is 0 Å². The van der Waals surface area contributed by atoms with Crippen LogP contribution in [-0.4, -0.2) is 12.1 Å². The molecule has 0 unspecified atom stereocenters. The molecule has 1 aliphatic carbocycles. The third-order valence-electron chi connectivity index (χ3n) is 2.52. The van der Waals surface area contributed by atoms with E-state index in [-0.39, 0.29) is 18.5 Å². The molecule has 0 radical (unpaired) electrons. The zero-order valence-corrected chi connectivity index (χ0v) is 9.96. The molecule has 0 aromatic heterocycles. The molecule has 0 saturated heterocycles. The molecule has 15 heavy (non-hydrogen) atoms. The Bertz CT molecular complexity index is 310. The Morgan fingerprint density at radius 1 is 1.27 bits per heavy atom. The molecule has 2 nitrogen and oxygen atoms in total. The van der Waals surface area contributed by atoms with Crippen LogP contribution in [0.15, 0.2) is 24.3 Å². The second kappa shape index (κ2) is 4.86. The van der Waals surface area contributed by atoms with Crippen LogP contribution in [0.25, 0.3) is 0 Å². The Morgan fingerprint density at radius 2 is 1.80 bits per heavy atom. The van der Waals surface area contributed by atoms with Crippen molar-refractivity contribution in [3.8, 4) is 5.75 Å². The fraction of sp³-hybridized carbons (Fsp3) is 0.500. The van der Waals surface area contributed by atoms with Crippen LogP contribution >= 0.6 is 12.4 Å². The highest BCUT2D eigenvalue weighted by molar-refractivity contribution is 5.85. The van der Waals surface area contributed by atoms with E-state index in [1.807, 2.05) is 26.0 Å². The number of nitrogens with two attached hydrogens (primary N) is 1. The molecule has 3 heteroatoms. The molecule has 1 aromatic carbocycles. The number of halogens is 1. The summed E-state index contributed by atoms with van der Waals surface area (Å²) in [5.41, 5.74) is 7.13. The minimum atomic E-state index is 0. The molecule has 0 aliphatic heterocycles. The van der Waals surface area contributed by atoms with Gasteiger partial charge < -0.3 is 10.5 Å². The van der Waals surface area contributed by atoms with Gasteiger partial charge in [0, 0.05) is 12.0 Å². The molecule has 1 saturated carbocycles. The highest BCUT2D eigenvalue weighted by atomic mass is 35.5. The van der Waals surface area contributed by atoms with Gasteiger partial charge in [0.2, 0.25) is 0 Å². The van der Waals surface area contributed by atoms with Crippen LogP contribution in [0.4, 0.5) is 0 Å². The SMILES string of the molecule is CC(C)Oc1ccc([C@@H]2C[C@H]2N)cc1.Cl. The highest BCUT2D eigenvalue weighted by Gasteiger charge is 2.34. The summed E-state index contributed by atoms with van der Waals surface area (Å²) < 4.78 is 5.56. The summed E-state index contributed by atoms with van der Waals surface area (Å²) in [6, 6.07) is 8.68. The second-order valence-corrected chi connectivity index (χ2v) is 4.24. The van der Waals surface area contributed by atoms with Gasteiger partial charge >= 0.3 is 0 Å². The molecule has 0 amide bonds. The third kappa shape index (κ3) is 3.11. The normalized spacial score (nSPS) is 23.5. The van der Waals surface area contributed by atoms with Gasteiger partial charge in [0.25, 0.3) is 0 Å². The molecule has 0 heterocycles. The van der Waals surface area contributed by atoms with Gasteiger partial charge in [-0.3, -0.25) is 0 Å². The lowest BCUT2D eigenvalue weighted by Gasteiger charge is -2.09. The average Bonchev–Trinajstić information content (AvgIpc) is 2.83. The zero-order chi connectivity index (χ0) is 10.1. The first kappa shape index (κ1) is 12.3. The maximum atomic E-state index is 5.79. The van der Waals surface area contributed by atoms with E-state index in [9.17, 15) is 0 Å². The highest BCUT2D eigenvalue weighted by Crippen LogP contribution is 2.39. The summed E-state index contributed by atoms with van der Waals surface area (Å²) in [7, 11) is 0. The lowest BCUT2D eigenvalue weighted by Crippen LogP contribution is -2.05.